The van der Waals surface area contributed by atoms with Crippen molar-refractivity contribution in [3.05, 3.63) is 64.7 Å². The molecule has 0 fully saturated rings. The Hall–Kier alpha value is -2.29. The first-order valence-corrected chi connectivity index (χ1v) is 7.20. The van der Waals surface area contributed by atoms with Crippen LogP contribution in [0.5, 0.6) is 0 Å². The highest BCUT2D eigenvalue weighted by atomic mass is 16.2. The number of nitrogen functional groups attached to an aromatic ring is 1. The molecule has 0 spiro atoms. The Kier molecular flexibility index (Phi) is 4.63. The van der Waals surface area contributed by atoms with Crippen molar-refractivity contribution in [3.8, 4) is 0 Å². The fraction of sp³-hybridized carbons (Fsp3) is 0.278. The summed E-state index contributed by atoms with van der Waals surface area (Å²) in [7, 11) is 1.80. The predicted molar refractivity (Wildman–Crippen MR) is 87.2 cm³/mol. The zero-order valence-electron chi connectivity index (χ0n) is 12.9. The summed E-state index contributed by atoms with van der Waals surface area (Å²) in [6, 6.07) is 13.9. The minimum atomic E-state index is -0.0456. The quantitative estimate of drug-likeness (QED) is 0.873. The highest BCUT2D eigenvalue weighted by Gasteiger charge is 2.15. The molecule has 2 aromatic rings. The lowest BCUT2D eigenvalue weighted by Crippen LogP contribution is -2.27. The van der Waals surface area contributed by atoms with E-state index in [0.29, 0.717) is 17.8 Å². The topological polar surface area (TPSA) is 46.3 Å². The van der Waals surface area contributed by atoms with Crippen LogP contribution in [0.2, 0.25) is 0 Å². The molecule has 0 unspecified atom stereocenters. The summed E-state index contributed by atoms with van der Waals surface area (Å²) in [6.45, 7) is 4.67. The van der Waals surface area contributed by atoms with Gasteiger partial charge < -0.3 is 10.6 Å². The van der Waals surface area contributed by atoms with Crippen molar-refractivity contribution in [2.45, 2.75) is 26.8 Å². The molecule has 0 aromatic heterocycles. The number of hydrogen-bond acceptors (Lipinski definition) is 2. The van der Waals surface area contributed by atoms with E-state index in [0.717, 1.165) is 17.5 Å². The lowest BCUT2D eigenvalue weighted by molar-refractivity contribution is 0.0786. The average Bonchev–Trinajstić information content (AvgIpc) is 2.49. The molecule has 0 saturated heterocycles. The third-order valence-electron chi connectivity index (χ3n) is 3.64. The zero-order valence-corrected chi connectivity index (χ0v) is 12.9. The van der Waals surface area contributed by atoms with Crippen molar-refractivity contribution in [2.75, 3.05) is 12.8 Å². The van der Waals surface area contributed by atoms with Gasteiger partial charge in [-0.1, -0.05) is 42.8 Å². The number of carbonyl (C=O) groups excluding carboxylic acids is 1. The number of rotatable bonds is 4. The van der Waals surface area contributed by atoms with Crippen LogP contribution in [0.15, 0.2) is 42.5 Å². The molecule has 2 aromatic carbocycles. The van der Waals surface area contributed by atoms with Gasteiger partial charge in [0, 0.05) is 19.3 Å². The molecule has 0 bridgehead atoms. The summed E-state index contributed by atoms with van der Waals surface area (Å²) in [6.07, 6.45) is 1.02. The molecule has 0 aliphatic rings. The lowest BCUT2D eigenvalue weighted by Gasteiger charge is -2.19. The van der Waals surface area contributed by atoms with Crippen LogP contribution < -0.4 is 5.73 Å². The third kappa shape index (κ3) is 3.63. The fourth-order valence-electron chi connectivity index (χ4n) is 2.29. The smallest absolute Gasteiger partial charge is 0.255 e. The number of hydrogen-bond donors (Lipinski definition) is 1. The maximum Gasteiger partial charge on any atom is 0.255 e. The number of nitrogens with two attached hydrogens (primary N) is 1. The lowest BCUT2D eigenvalue weighted by atomic mass is 10.1. The van der Waals surface area contributed by atoms with E-state index in [9.17, 15) is 4.79 Å². The van der Waals surface area contributed by atoms with Crippen molar-refractivity contribution in [3.63, 3.8) is 0 Å². The maximum atomic E-state index is 12.5. The number of benzene rings is 2. The summed E-state index contributed by atoms with van der Waals surface area (Å²) < 4.78 is 0. The minimum absolute atomic E-state index is 0.0456. The van der Waals surface area contributed by atoms with E-state index in [2.05, 4.69) is 31.2 Å². The second-order valence-electron chi connectivity index (χ2n) is 5.42. The second-order valence-corrected chi connectivity index (χ2v) is 5.42. The van der Waals surface area contributed by atoms with Crippen molar-refractivity contribution >= 4 is 11.6 Å². The number of anilines is 1. The van der Waals surface area contributed by atoms with Crippen molar-refractivity contribution in [1.29, 1.82) is 0 Å². The van der Waals surface area contributed by atoms with Crippen LogP contribution in [0.25, 0.3) is 0 Å². The summed E-state index contributed by atoms with van der Waals surface area (Å²) in [4.78, 5) is 14.2. The number of carbonyl (C=O) groups is 1. The van der Waals surface area contributed by atoms with Crippen LogP contribution in [0.4, 0.5) is 5.69 Å². The molecule has 21 heavy (non-hydrogen) atoms. The average molecular weight is 282 g/mol. The van der Waals surface area contributed by atoms with E-state index in [1.54, 1.807) is 18.0 Å². The van der Waals surface area contributed by atoms with Gasteiger partial charge in [0.2, 0.25) is 0 Å². The Balaban J connectivity index is 2.13. The maximum absolute atomic E-state index is 12.5. The van der Waals surface area contributed by atoms with Crippen LogP contribution in [-0.2, 0) is 13.0 Å². The fourth-order valence-corrected chi connectivity index (χ4v) is 2.29. The molecule has 0 heterocycles. The van der Waals surface area contributed by atoms with Gasteiger partial charge >= 0.3 is 0 Å². The minimum Gasteiger partial charge on any atom is -0.398 e. The molecule has 0 aliphatic heterocycles. The number of nitrogens with zero attached hydrogens (tertiary/aromatic N) is 1. The van der Waals surface area contributed by atoms with Gasteiger partial charge in [-0.25, -0.2) is 0 Å². The molecule has 0 aliphatic carbocycles. The van der Waals surface area contributed by atoms with Gasteiger partial charge in [0.25, 0.3) is 5.91 Å². The van der Waals surface area contributed by atoms with Crippen molar-refractivity contribution < 1.29 is 4.79 Å². The number of aryl methyl sites for hydroxylation is 2. The molecule has 110 valence electrons. The largest absolute Gasteiger partial charge is 0.398 e. The van der Waals surface area contributed by atoms with E-state index >= 15 is 0 Å². The van der Waals surface area contributed by atoms with Crippen LogP contribution in [0, 0.1) is 6.92 Å². The SMILES string of the molecule is CCc1ccc(CN(C)C(=O)c2cc(C)ccc2N)cc1. The Bertz CT molecular complexity index is 632. The van der Waals surface area contributed by atoms with Crippen LogP contribution in [0.1, 0.15) is 34.0 Å². The normalized spacial score (nSPS) is 10.4. The van der Waals surface area contributed by atoms with Gasteiger partial charge in [-0.05, 0) is 36.6 Å². The molecular weight excluding hydrogens is 260 g/mol. The summed E-state index contributed by atoms with van der Waals surface area (Å²) in [5.74, 6) is -0.0456. The Morgan fingerprint density at radius 2 is 1.71 bits per heavy atom. The zero-order chi connectivity index (χ0) is 15.4. The predicted octanol–water partition coefficient (Wildman–Crippen LogP) is 3.41. The van der Waals surface area contributed by atoms with Gasteiger partial charge in [-0.3, -0.25) is 4.79 Å². The standard InChI is InChI=1S/C18H22N2O/c1-4-14-6-8-15(9-7-14)12-20(3)18(21)16-11-13(2)5-10-17(16)19/h5-11H,4,12,19H2,1-3H3. The summed E-state index contributed by atoms with van der Waals surface area (Å²) in [5.41, 5.74) is 10.5. The first kappa shape index (κ1) is 15.1. The molecule has 3 nitrogen and oxygen atoms in total. The van der Waals surface area contributed by atoms with Gasteiger partial charge in [-0.15, -0.1) is 0 Å². The highest BCUT2D eigenvalue weighted by Crippen LogP contribution is 2.17. The van der Waals surface area contributed by atoms with Gasteiger partial charge in [0.05, 0.1) is 5.56 Å². The van der Waals surface area contributed by atoms with E-state index in [4.69, 9.17) is 5.73 Å². The molecule has 0 saturated carbocycles. The van der Waals surface area contributed by atoms with Crippen LogP contribution in [-0.4, -0.2) is 17.9 Å². The molecule has 2 rings (SSSR count). The second kappa shape index (κ2) is 6.44. The Morgan fingerprint density at radius 3 is 2.33 bits per heavy atom. The monoisotopic (exact) mass is 282 g/mol. The summed E-state index contributed by atoms with van der Waals surface area (Å²) >= 11 is 0. The van der Waals surface area contributed by atoms with Crippen LogP contribution in [0.3, 0.4) is 0 Å². The van der Waals surface area contributed by atoms with Gasteiger partial charge in [0.1, 0.15) is 0 Å². The molecule has 1 amide bonds. The number of amides is 1. The van der Waals surface area contributed by atoms with E-state index in [-0.39, 0.29) is 5.91 Å². The van der Waals surface area contributed by atoms with E-state index < -0.39 is 0 Å². The van der Waals surface area contributed by atoms with Gasteiger partial charge in [0.15, 0.2) is 0 Å². The first-order chi connectivity index (χ1) is 10.0. The van der Waals surface area contributed by atoms with Crippen molar-refractivity contribution in [1.82, 2.24) is 4.90 Å². The Morgan fingerprint density at radius 1 is 1.10 bits per heavy atom. The molecule has 0 atom stereocenters. The first-order valence-electron chi connectivity index (χ1n) is 7.20. The van der Waals surface area contributed by atoms with Crippen LogP contribution >= 0.6 is 0 Å². The summed E-state index contributed by atoms with van der Waals surface area (Å²) in [5, 5.41) is 0. The molecular formula is C18H22N2O. The van der Waals surface area contributed by atoms with E-state index in [1.165, 1.54) is 5.56 Å². The van der Waals surface area contributed by atoms with Gasteiger partial charge in [-0.2, -0.15) is 0 Å². The van der Waals surface area contributed by atoms with E-state index in [1.807, 2.05) is 19.1 Å². The molecule has 3 heteroatoms. The molecule has 2 N–H and O–H groups in total. The highest BCUT2D eigenvalue weighted by molar-refractivity contribution is 5.99. The third-order valence-corrected chi connectivity index (χ3v) is 3.64. The van der Waals surface area contributed by atoms with Crippen molar-refractivity contribution in [2.24, 2.45) is 0 Å². The molecule has 0 radical (unpaired) electrons. The Labute approximate surface area is 126 Å².